The van der Waals surface area contributed by atoms with Gasteiger partial charge < -0.3 is 15.3 Å². The lowest BCUT2D eigenvalue weighted by Crippen LogP contribution is -2.50. The Balaban J connectivity index is 1.89. The standard InChI is InChI=1S/C40H58O4/c1-29(17-13-19-31(3)21-23-35-37(5,6)25-33(41)28-40(35,10)44)15-11-12-16-30(2)18-14-20-32(4)22-24-36(43)39(9)27-34(42)26-38(39,7)8/h11-24,33-35,41-42,44H,25-28H2,1-10H3/b12-11+,17-13+,18-14+,23-21+,24-22+,29-15+,30-16+,31-19+,32-20+/t33-,34-,35?,39-,40+/m0/s1. The van der Waals surface area contributed by atoms with E-state index in [4.69, 9.17) is 0 Å². The molecule has 1 unspecified atom stereocenters. The van der Waals surface area contributed by atoms with E-state index in [1.807, 2.05) is 70.2 Å². The monoisotopic (exact) mass is 602 g/mol. The van der Waals surface area contributed by atoms with Gasteiger partial charge in [-0.3, -0.25) is 4.79 Å². The molecule has 2 fully saturated rings. The Labute approximate surface area is 267 Å². The van der Waals surface area contributed by atoms with Crippen LogP contribution in [0.15, 0.2) is 107 Å². The first kappa shape index (κ1) is 37.4. The summed E-state index contributed by atoms with van der Waals surface area (Å²) in [5, 5.41) is 31.2. The maximum absolute atomic E-state index is 12.9. The van der Waals surface area contributed by atoms with Crippen molar-refractivity contribution in [3.05, 3.63) is 107 Å². The van der Waals surface area contributed by atoms with Gasteiger partial charge in [0.25, 0.3) is 0 Å². The second-order valence-corrected chi connectivity index (χ2v) is 15.0. The van der Waals surface area contributed by atoms with Gasteiger partial charge in [-0.15, -0.1) is 0 Å². The molecule has 0 aliphatic heterocycles. The van der Waals surface area contributed by atoms with E-state index < -0.39 is 23.2 Å². The second-order valence-electron chi connectivity index (χ2n) is 15.0. The summed E-state index contributed by atoms with van der Waals surface area (Å²) in [5.74, 6) is 0.0557. The van der Waals surface area contributed by atoms with E-state index in [2.05, 4.69) is 78.0 Å². The summed E-state index contributed by atoms with van der Waals surface area (Å²) in [7, 11) is 0. The van der Waals surface area contributed by atoms with Crippen molar-refractivity contribution in [1.82, 2.24) is 0 Å². The first-order valence-electron chi connectivity index (χ1n) is 16.0. The van der Waals surface area contributed by atoms with E-state index >= 15 is 0 Å². The third kappa shape index (κ3) is 10.7. The highest BCUT2D eigenvalue weighted by Crippen LogP contribution is 2.53. The molecular formula is C40H58O4. The highest BCUT2D eigenvalue weighted by Gasteiger charge is 2.52. The van der Waals surface area contributed by atoms with E-state index in [1.54, 1.807) is 6.08 Å². The third-order valence-electron chi connectivity index (χ3n) is 9.66. The number of ketones is 1. The van der Waals surface area contributed by atoms with Crippen molar-refractivity contribution in [2.45, 2.75) is 113 Å². The zero-order valence-corrected chi connectivity index (χ0v) is 28.9. The van der Waals surface area contributed by atoms with Crippen LogP contribution < -0.4 is 0 Å². The van der Waals surface area contributed by atoms with Gasteiger partial charge in [-0.25, -0.2) is 0 Å². The molecule has 0 aromatic carbocycles. The molecule has 3 N–H and O–H groups in total. The van der Waals surface area contributed by atoms with Crippen LogP contribution in [-0.4, -0.2) is 38.9 Å². The number of hydrogen-bond donors (Lipinski definition) is 3. The number of aliphatic hydroxyl groups excluding tert-OH is 2. The molecule has 242 valence electrons. The molecule has 4 nitrogen and oxygen atoms in total. The number of hydrogen-bond acceptors (Lipinski definition) is 4. The molecule has 0 aromatic rings. The quantitative estimate of drug-likeness (QED) is 0.163. The molecule has 2 saturated carbocycles. The first-order valence-corrected chi connectivity index (χ1v) is 16.0. The average Bonchev–Trinajstić information content (AvgIpc) is 3.09. The summed E-state index contributed by atoms with van der Waals surface area (Å²) in [6, 6.07) is 0. The molecule has 2 rings (SSSR count). The van der Waals surface area contributed by atoms with Crippen molar-refractivity contribution in [3.8, 4) is 0 Å². The van der Waals surface area contributed by atoms with Crippen LogP contribution in [0.1, 0.15) is 94.9 Å². The minimum absolute atomic E-state index is 0.0224. The van der Waals surface area contributed by atoms with Gasteiger partial charge in [0.1, 0.15) is 0 Å². The molecule has 2 aliphatic carbocycles. The molecule has 0 aromatic heterocycles. The summed E-state index contributed by atoms with van der Waals surface area (Å²) in [4.78, 5) is 12.9. The van der Waals surface area contributed by atoms with Gasteiger partial charge in [0.15, 0.2) is 5.78 Å². The van der Waals surface area contributed by atoms with Crippen LogP contribution in [0, 0.1) is 22.2 Å². The van der Waals surface area contributed by atoms with Crippen LogP contribution in [0.2, 0.25) is 0 Å². The predicted octanol–water partition coefficient (Wildman–Crippen LogP) is 8.86. The van der Waals surface area contributed by atoms with Crippen LogP contribution >= 0.6 is 0 Å². The smallest absolute Gasteiger partial charge is 0.162 e. The Kier molecular flexibility index (Phi) is 13.2. The lowest BCUT2D eigenvalue weighted by molar-refractivity contribution is -0.127. The van der Waals surface area contributed by atoms with Crippen molar-refractivity contribution in [2.75, 3.05) is 0 Å². The van der Waals surface area contributed by atoms with Gasteiger partial charge in [-0.1, -0.05) is 136 Å². The van der Waals surface area contributed by atoms with Crippen LogP contribution in [-0.2, 0) is 4.79 Å². The van der Waals surface area contributed by atoms with Crippen molar-refractivity contribution in [3.63, 3.8) is 0 Å². The molecule has 4 heteroatoms. The van der Waals surface area contributed by atoms with Crippen LogP contribution in [0.25, 0.3) is 0 Å². The number of aliphatic hydroxyl groups is 3. The van der Waals surface area contributed by atoms with Crippen LogP contribution in [0.3, 0.4) is 0 Å². The van der Waals surface area contributed by atoms with Gasteiger partial charge in [-0.2, -0.15) is 0 Å². The topological polar surface area (TPSA) is 77.8 Å². The highest BCUT2D eigenvalue weighted by atomic mass is 16.3. The summed E-state index contributed by atoms with van der Waals surface area (Å²) in [5.41, 5.74) is 2.48. The third-order valence-corrected chi connectivity index (χ3v) is 9.66. The highest BCUT2D eigenvalue weighted by molar-refractivity contribution is 5.95. The maximum atomic E-state index is 12.9. The normalized spacial score (nSPS) is 32.3. The van der Waals surface area contributed by atoms with Crippen LogP contribution in [0.4, 0.5) is 0 Å². The number of rotatable bonds is 11. The molecule has 0 radical (unpaired) electrons. The zero-order valence-electron chi connectivity index (χ0n) is 28.9. The molecule has 2 aliphatic rings. The Morgan fingerprint density at radius 3 is 1.52 bits per heavy atom. The lowest BCUT2D eigenvalue weighted by atomic mass is 9.61. The number of carbonyl (C=O) groups is 1. The number of carbonyl (C=O) groups excluding carboxylic acids is 1. The minimum Gasteiger partial charge on any atom is -0.393 e. The molecule has 0 saturated heterocycles. The summed E-state index contributed by atoms with van der Waals surface area (Å²) in [6.07, 6.45) is 29.4. The van der Waals surface area contributed by atoms with Gasteiger partial charge in [0.2, 0.25) is 0 Å². The van der Waals surface area contributed by atoms with E-state index in [-0.39, 0.29) is 22.5 Å². The maximum Gasteiger partial charge on any atom is 0.162 e. The van der Waals surface area contributed by atoms with E-state index in [9.17, 15) is 20.1 Å². The van der Waals surface area contributed by atoms with Gasteiger partial charge in [-0.05, 0) is 70.8 Å². The van der Waals surface area contributed by atoms with Crippen molar-refractivity contribution < 1.29 is 20.1 Å². The molecule has 0 amide bonds. The molecule has 0 heterocycles. The number of allylic oxidation sites excluding steroid dienone is 17. The van der Waals surface area contributed by atoms with Crippen molar-refractivity contribution in [1.29, 1.82) is 0 Å². The molecule has 0 spiro atoms. The summed E-state index contributed by atoms with van der Waals surface area (Å²) >= 11 is 0. The second kappa shape index (κ2) is 15.5. The molecule has 0 bridgehead atoms. The largest absolute Gasteiger partial charge is 0.393 e. The Bertz CT molecular complexity index is 1270. The lowest BCUT2D eigenvalue weighted by Gasteiger charge is -2.48. The fourth-order valence-corrected chi connectivity index (χ4v) is 6.77. The molecule has 44 heavy (non-hydrogen) atoms. The Hall–Kier alpha value is -2.79. The van der Waals surface area contributed by atoms with Gasteiger partial charge in [0, 0.05) is 17.8 Å². The van der Waals surface area contributed by atoms with Crippen LogP contribution in [0.5, 0.6) is 0 Å². The van der Waals surface area contributed by atoms with Crippen molar-refractivity contribution >= 4 is 5.78 Å². The first-order chi connectivity index (χ1) is 20.3. The summed E-state index contributed by atoms with van der Waals surface area (Å²) in [6.45, 7) is 20.3. The average molecular weight is 603 g/mol. The van der Waals surface area contributed by atoms with E-state index in [0.717, 1.165) is 22.3 Å². The van der Waals surface area contributed by atoms with Crippen molar-refractivity contribution in [2.24, 2.45) is 22.2 Å². The fraction of sp³-hybridized carbons (Fsp3) is 0.525. The van der Waals surface area contributed by atoms with Gasteiger partial charge >= 0.3 is 0 Å². The Morgan fingerprint density at radius 2 is 1.05 bits per heavy atom. The SMILES string of the molecule is CC(/C=C/C=C(C)/C=C/C(=O)[C@]1(C)C[C@@H](O)CC1(C)C)=C\C=C\C=C(C)\C=C\C=C(C)\C=C\C1C(C)(C)C[C@H](O)C[C@@]1(C)O. The van der Waals surface area contributed by atoms with Gasteiger partial charge in [0.05, 0.1) is 17.8 Å². The predicted molar refractivity (Wildman–Crippen MR) is 186 cm³/mol. The Morgan fingerprint density at radius 1 is 0.591 bits per heavy atom. The minimum atomic E-state index is -0.923. The molecular weight excluding hydrogens is 544 g/mol. The fourth-order valence-electron chi connectivity index (χ4n) is 6.77. The molecule has 5 atom stereocenters. The zero-order chi connectivity index (χ0) is 33.3. The van der Waals surface area contributed by atoms with E-state index in [0.29, 0.717) is 25.7 Å². The van der Waals surface area contributed by atoms with E-state index in [1.165, 1.54) is 0 Å². The summed E-state index contributed by atoms with van der Waals surface area (Å²) < 4.78 is 0.